The Morgan fingerprint density at radius 1 is 1.06 bits per heavy atom. The maximum absolute atomic E-state index is 13.0. The summed E-state index contributed by atoms with van der Waals surface area (Å²) in [5.74, 6) is -0.330. The highest BCUT2D eigenvalue weighted by atomic mass is 32.2. The van der Waals surface area contributed by atoms with E-state index in [1.165, 1.54) is 8.61 Å². The maximum Gasteiger partial charge on any atom is 0.344 e. The van der Waals surface area contributed by atoms with Crippen molar-refractivity contribution >= 4 is 28.1 Å². The molecule has 4 rings (SSSR count). The molecule has 192 valence electrons. The van der Waals surface area contributed by atoms with Gasteiger partial charge in [-0.3, -0.25) is 19.9 Å². The largest absolute Gasteiger partial charge is 0.344 e. The van der Waals surface area contributed by atoms with Crippen LogP contribution in [-0.4, -0.2) is 96.1 Å². The molecule has 12 heteroatoms. The molecule has 0 radical (unpaired) electrons. The SMILES string of the molecule is CC1CCC2(CC1)NC(=O)N(NC(=O)CN1CCN(S(=O)(=O)N(C)C3CCCCC3)CC1)C2=O. The molecule has 0 atom stereocenters. The second kappa shape index (κ2) is 10.1. The van der Waals surface area contributed by atoms with Crippen LogP contribution in [0.25, 0.3) is 0 Å². The van der Waals surface area contributed by atoms with E-state index in [4.69, 9.17) is 0 Å². The minimum atomic E-state index is -3.53. The van der Waals surface area contributed by atoms with Gasteiger partial charge in [0, 0.05) is 39.3 Å². The van der Waals surface area contributed by atoms with Gasteiger partial charge in [0.1, 0.15) is 5.54 Å². The van der Waals surface area contributed by atoms with Crippen LogP contribution in [0.15, 0.2) is 0 Å². The molecular formula is C22H38N6O5S. The topological polar surface area (TPSA) is 122 Å². The zero-order valence-corrected chi connectivity index (χ0v) is 21.1. The minimum absolute atomic E-state index is 0.00650. The number of hydrazine groups is 1. The van der Waals surface area contributed by atoms with Crippen molar-refractivity contribution in [2.24, 2.45) is 5.92 Å². The fourth-order valence-corrected chi connectivity index (χ4v) is 7.19. The quantitative estimate of drug-likeness (QED) is 0.519. The van der Waals surface area contributed by atoms with E-state index in [0.717, 1.165) is 50.0 Å². The molecule has 1 spiro atoms. The van der Waals surface area contributed by atoms with E-state index in [-0.39, 0.29) is 18.5 Å². The van der Waals surface area contributed by atoms with Gasteiger partial charge in [-0.15, -0.1) is 0 Å². The van der Waals surface area contributed by atoms with Crippen LogP contribution in [-0.2, 0) is 19.8 Å². The first kappa shape index (κ1) is 25.3. The number of hydrogen-bond donors (Lipinski definition) is 2. The Morgan fingerprint density at radius 2 is 1.68 bits per heavy atom. The number of carbonyl (C=O) groups is 3. The van der Waals surface area contributed by atoms with E-state index in [1.54, 1.807) is 7.05 Å². The smallest absolute Gasteiger partial charge is 0.322 e. The zero-order chi connectivity index (χ0) is 24.5. The van der Waals surface area contributed by atoms with Crippen molar-refractivity contribution in [3.8, 4) is 0 Å². The maximum atomic E-state index is 13.0. The predicted molar refractivity (Wildman–Crippen MR) is 125 cm³/mol. The van der Waals surface area contributed by atoms with Crippen molar-refractivity contribution < 1.29 is 22.8 Å². The number of urea groups is 1. The molecule has 4 fully saturated rings. The highest BCUT2D eigenvalue weighted by molar-refractivity contribution is 7.86. The van der Waals surface area contributed by atoms with Crippen LogP contribution in [0.3, 0.4) is 0 Å². The Morgan fingerprint density at radius 3 is 2.29 bits per heavy atom. The first-order valence-electron chi connectivity index (χ1n) is 12.5. The molecule has 2 saturated heterocycles. The zero-order valence-electron chi connectivity index (χ0n) is 20.3. The molecule has 0 aromatic rings. The van der Waals surface area contributed by atoms with Crippen LogP contribution in [0.5, 0.6) is 0 Å². The van der Waals surface area contributed by atoms with Crippen LogP contribution in [0.1, 0.15) is 64.7 Å². The molecule has 4 aliphatic rings. The lowest BCUT2D eigenvalue weighted by atomic mass is 9.77. The molecule has 2 aliphatic carbocycles. The van der Waals surface area contributed by atoms with Gasteiger partial charge in [0.15, 0.2) is 0 Å². The van der Waals surface area contributed by atoms with Crippen LogP contribution in [0.2, 0.25) is 0 Å². The minimum Gasteiger partial charge on any atom is -0.322 e. The van der Waals surface area contributed by atoms with Crippen LogP contribution in [0.4, 0.5) is 4.79 Å². The molecule has 0 unspecified atom stereocenters. The van der Waals surface area contributed by atoms with Crippen molar-refractivity contribution in [2.45, 2.75) is 76.3 Å². The number of rotatable bonds is 6. The van der Waals surface area contributed by atoms with Crippen molar-refractivity contribution in [2.75, 3.05) is 39.8 Å². The van der Waals surface area contributed by atoms with Gasteiger partial charge in [-0.25, -0.2) is 4.79 Å². The molecule has 11 nitrogen and oxygen atoms in total. The lowest BCUT2D eigenvalue weighted by Gasteiger charge is -2.38. The Bertz CT molecular complexity index is 889. The number of piperazine rings is 1. The van der Waals surface area contributed by atoms with Crippen LogP contribution >= 0.6 is 0 Å². The highest BCUT2D eigenvalue weighted by Crippen LogP contribution is 2.35. The van der Waals surface area contributed by atoms with Gasteiger partial charge in [-0.2, -0.15) is 22.0 Å². The van der Waals surface area contributed by atoms with Crippen molar-refractivity contribution in [1.29, 1.82) is 0 Å². The summed E-state index contributed by atoms with van der Waals surface area (Å²) in [6, 6.07) is -0.531. The van der Waals surface area contributed by atoms with E-state index in [1.807, 2.05) is 4.90 Å². The lowest BCUT2D eigenvalue weighted by molar-refractivity contribution is -0.140. The van der Waals surface area contributed by atoms with E-state index < -0.39 is 27.7 Å². The van der Waals surface area contributed by atoms with Gasteiger partial charge in [0.05, 0.1) is 6.54 Å². The molecule has 34 heavy (non-hydrogen) atoms. The molecule has 2 heterocycles. The third-order valence-electron chi connectivity index (χ3n) is 8.00. The predicted octanol–water partition coefficient (Wildman–Crippen LogP) is 0.645. The normalized spacial score (nSPS) is 30.2. The van der Waals surface area contributed by atoms with Crippen molar-refractivity contribution in [3.63, 3.8) is 0 Å². The van der Waals surface area contributed by atoms with Gasteiger partial charge in [-0.1, -0.05) is 26.2 Å². The fourth-order valence-electron chi connectivity index (χ4n) is 5.61. The van der Waals surface area contributed by atoms with E-state index in [9.17, 15) is 22.8 Å². The first-order chi connectivity index (χ1) is 16.1. The second-order valence-electron chi connectivity index (χ2n) is 10.4. The highest BCUT2D eigenvalue weighted by Gasteiger charge is 2.53. The molecule has 2 saturated carbocycles. The van der Waals surface area contributed by atoms with Crippen LogP contribution < -0.4 is 10.7 Å². The summed E-state index contributed by atoms with van der Waals surface area (Å²) in [5, 5.41) is 3.61. The summed E-state index contributed by atoms with van der Waals surface area (Å²) >= 11 is 0. The summed E-state index contributed by atoms with van der Waals surface area (Å²) in [4.78, 5) is 39.8. The Hall–Kier alpha value is -1.76. The molecule has 0 aromatic carbocycles. The summed E-state index contributed by atoms with van der Waals surface area (Å²) in [5.41, 5.74) is 1.56. The van der Waals surface area contributed by atoms with E-state index in [2.05, 4.69) is 17.7 Å². The average Bonchev–Trinajstić information content (AvgIpc) is 3.05. The van der Waals surface area contributed by atoms with Gasteiger partial charge in [-0.05, 0) is 44.4 Å². The lowest BCUT2D eigenvalue weighted by Crippen LogP contribution is -2.56. The molecule has 0 bridgehead atoms. The first-order valence-corrected chi connectivity index (χ1v) is 13.9. The van der Waals surface area contributed by atoms with Gasteiger partial charge in [0.25, 0.3) is 22.0 Å². The number of hydrogen-bond acceptors (Lipinski definition) is 6. The number of nitrogens with one attached hydrogen (secondary N) is 2. The summed E-state index contributed by atoms with van der Waals surface area (Å²) in [7, 11) is -1.86. The molecule has 0 aromatic heterocycles. The van der Waals surface area contributed by atoms with Gasteiger partial charge in [0.2, 0.25) is 0 Å². The molecule has 2 N–H and O–H groups in total. The monoisotopic (exact) mass is 498 g/mol. The number of carbonyl (C=O) groups excluding carboxylic acids is 3. The molecular weight excluding hydrogens is 460 g/mol. The molecule has 2 aliphatic heterocycles. The van der Waals surface area contributed by atoms with Gasteiger partial charge < -0.3 is 5.32 Å². The standard InChI is InChI=1S/C22H38N6O5S/c1-17-8-10-22(11-9-17)20(30)28(21(31)23-22)24-19(29)16-26-12-14-27(15-13-26)34(32,33)25(2)18-6-4-3-5-7-18/h17-18H,3-16H2,1-2H3,(H,23,31)(H,24,29). The summed E-state index contributed by atoms with van der Waals surface area (Å²) in [6.45, 7) is 3.55. The summed E-state index contributed by atoms with van der Waals surface area (Å²) < 4.78 is 29.1. The summed E-state index contributed by atoms with van der Waals surface area (Å²) in [6.07, 6.45) is 7.96. The number of amides is 4. The Kier molecular flexibility index (Phi) is 7.51. The average molecular weight is 499 g/mol. The Balaban J connectivity index is 1.26. The third kappa shape index (κ3) is 5.09. The van der Waals surface area contributed by atoms with Crippen molar-refractivity contribution in [1.82, 2.24) is 29.3 Å². The number of nitrogens with zero attached hydrogens (tertiary/aromatic N) is 4. The Labute approximate surface area is 202 Å². The van der Waals surface area contributed by atoms with Crippen LogP contribution in [0, 0.1) is 5.92 Å². The number of imide groups is 1. The van der Waals surface area contributed by atoms with Crippen molar-refractivity contribution in [3.05, 3.63) is 0 Å². The van der Waals surface area contributed by atoms with E-state index >= 15 is 0 Å². The van der Waals surface area contributed by atoms with Gasteiger partial charge >= 0.3 is 6.03 Å². The fraction of sp³-hybridized carbons (Fsp3) is 0.864. The molecule has 4 amide bonds. The second-order valence-corrected chi connectivity index (χ2v) is 12.3. The van der Waals surface area contributed by atoms with E-state index in [0.29, 0.717) is 44.9 Å². The third-order valence-corrected chi connectivity index (χ3v) is 10.0.